The molecule has 2 aromatic carbocycles. The summed E-state index contributed by atoms with van der Waals surface area (Å²) >= 11 is 6.23. The van der Waals surface area contributed by atoms with Gasteiger partial charge in [0.2, 0.25) is 5.91 Å². The lowest BCUT2D eigenvalue weighted by Crippen LogP contribution is -2.32. The predicted octanol–water partition coefficient (Wildman–Crippen LogP) is 2.56. The maximum atomic E-state index is 12.6. The number of carbonyl (C=O) groups is 1. The largest absolute Gasteiger partial charge is 0.486 e. The van der Waals surface area contributed by atoms with Gasteiger partial charge >= 0.3 is 5.69 Å². The van der Waals surface area contributed by atoms with Crippen LogP contribution in [-0.2, 0) is 24.4 Å². The summed E-state index contributed by atoms with van der Waals surface area (Å²) in [4.78, 5) is 25.1. The highest BCUT2D eigenvalue weighted by Gasteiger charge is 2.18. The van der Waals surface area contributed by atoms with Gasteiger partial charge in [-0.25, -0.2) is 4.79 Å². The van der Waals surface area contributed by atoms with E-state index in [4.69, 9.17) is 21.1 Å². The Kier molecular flexibility index (Phi) is 5.00. The monoisotopic (exact) mass is 401 g/mol. The van der Waals surface area contributed by atoms with E-state index in [0.717, 1.165) is 16.6 Å². The van der Waals surface area contributed by atoms with Crippen LogP contribution in [-0.4, -0.2) is 28.3 Å². The minimum atomic E-state index is -0.257. The normalized spacial score (nSPS) is 12.9. The molecule has 0 spiro atoms. The van der Waals surface area contributed by atoms with E-state index < -0.39 is 0 Å². The fourth-order valence-corrected chi connectivity index (χ4v) is 3.69. The zero-order valence-corrected chi connectivity index (χ0v) is 16.2. The highest BCUT2D eigenvalue weighted by atomic mass is 35.5. The molecule has 146 valence electrons. The molecule has 0 saturated heterocycles. The summed E-state index contributed by atoms with van der Waals surface area (Å²) in [5, 5.41) is 3.29. The lowest BCUT2D eigenvalue weighted by atomic mass is 10.2. The Balaban J connectivity index is 1.50. The standard InChI is InChI=1S/C20H20ClN3O4/c1-2-23-15-5-3-4-6-16(15)24(20(23)26)12-18(25)22-11-13-9-14(21)19-17(10-13)27-7-8-28-19/h3-6,9-10H,2,7-8,11-12H2,1H3,(H,22,25). The molecule has 1 N–H and O–H groups in total. The van der Waals surface area contributed by atoms with Crippen LogP contribution >= 0.6 is 11.6 Å². The van der Waals surface area contributed by atoms with Crippen molar-refractivity contribution in [2.24, 2.45) is 0 Å². The molecule has 3 aromatic rings. The van der Waals surface area contributed by atoms with Crippen molar-refractivity contribution in [2.75, 3.05) is 13.2 Å². The van der Waals surface area contributed by atoms with Gasteiger partial charge in [-0.3, -0.25) is 13.9 Å². The summed E-state index contributed by atoms with van der Waals surface area (Å²) in [6, 6.07) is 11.0. The Morgan fingerprint density at radius 3 is 2.61 bits per heavy atom. The molecule has 28 heavy (non-hydrogen) atoms. The van der Waals surface area contributed by atoms with Crippen molar-refractivity contribution < 1.29 is 14.3 Å². The van der Waals surface area contributed by atoms with Crippen molar-refractivity contribution >= 4 is 28.5 Å². The summed E-state index contributed by atoms with van der Waals surface area (Å²) in [5.41, 5.74) is 2.17. The number of nitrogens with one attached hydrogen (secondary N) is 1. The van der Waals surface area contributed by atoms with E-state index in [1.807, 2.05) is 31.2 Å². The van der Waals surface area contributed by atoms with Crippen molar-refractivity contribution in [3.8, 4) is 11.5 Å². The number of hydrogen-bond acceptors (Lipinski definition) is 4. The molecule has 0 atom stereocenters. The van der Waals surface area contributed by atoms with Crippen LogP contribution in [0.25, 0.3) is 11.0 Å². The van der Waals surface area contributed by atoms with E-state index in [1.165, 1.54) is 4.57 Å². The fourth-order valence-electron chi connectivity index (χ4n) is 3.40. The number of halogens is 1. The molecule has 8 heteroatoms. The van der Waals surface area contributed by atoms with E-state index in [-0.39, 0.29) is 24.7 Å². The van der Waals surface area contributed by atoms with Gasteiger partial charge < -0.3 is 14.8 Å². The van der Waals surface area contributed by atoms with E-state index in [1.54, 1.807) is 16.7 Å². The van der Waals surface area contributed by atoms with Crippen LogP contribution in [0.15, 0.2) is 41.2 Å². The van der Waals surface area contributed by atoms with Crippen molar-refractivity contribution in [1.82, 2.24) is 14.5 Å². The molecule has 0 bridgehead atoms. The van der Waals surface area contributed by atoms with E-state index in [2.05, 4.69) is 5.32 Å². The summed E-state index contributed by atoms with van der Waals surface area (Å²) in [6.07, 6.45) is 0. The van der Waals surface area contributed by atoms with Gasteiger partial charge in [-0.05, 0) is 36.8 Å². The Hall–Kier alpha value is -2.93. The number of fused-ring (bicyclic) bond motifs is 2. The summed E-state index contributed by atoms with van der Waals surface area (Å²) < 4.78 is 14.2. The molecule has 0 saturated carbocycles. The highest BCUT2D eigenvalue weighted by Crippen LogP contribution is 2.38. The minimum absolute atomic E-state index is 0.0510. The zero-order valence-electron chi connectivity index (χ0n) is 15.4. The number of rotatable bonds is 5. The SMILES string of the molecule is CCn1c(=O)n(CC(=O)NCc2cc(Cl)c3c(c2)OCCO3)c2ccccc21. The third kappa shape index (κ3) is 3.33. The molecular weight excluding hydrogens is 382 g/mol. The molecule has 0 aliphatic carbocycles. The molecule has 2 heterocycles. The number of para-hydroxylation sites is 2. The summed E-state index contributed by atoms with van der Waals surface area (Å²) in [7, 11) is 0. The van der Waals surface area contributed by atoms with Gasteiger partial charge in [-0.15, -0.1) is 0 Å². The smallest absolute Gasteiger partial charge is 0.329 e. The molecule has 0 fully saturated rings. The van der Waals surface area contributed by atoms with Gasteiger partial charge in [0.15, 0.2) is 11.5 Å². The molecule has 1 aliphatic heterocycles. The summed E-state index contributed by atoms with van der Waals surface area (Å²) in [6.45, 7) is 3.60. The van der Waals surface area contributed by atoms with Crippen LogP contribution in [0.2, 0.25) is 5.02 Å². The second-order valence-corrected chi connectivity index (χ2v) is 6.89. The first-order chi connectivity index (χ1) is 13.6. The van der Waals surface area contributed by atoms with Crippen LogP contribution < -0.4 is 20.5 Å². The number of aromatic nitrogens is 2. The number of nitrogens with zero attached hydrogens (tertiary/aromatic N) is 2. The Morgan fingerprint density at radius 1 is 1.14 bits per heavy atom. The molecular formula is C20H20ClN3O4. The van der Waals surface area contributed by atoms with Crippen LogP contribution in [0.5, 0.6) is 11.5 Å². The van der Waals surface area contributed by atoms with E-state index in [9.17, 15) is 9.59 Å². The van der Waals surface area contributed by atoms with Gasteiger partial charge in [0.1, 0.15) is 19.8 Å². The van der Waals surface area contributed by atoms with Crippen LogP contribution in [0.4, 0.5) is 0 Å². The van der Waals surface area contributed by atoms with Gasteiger partial charge in [0, 0.05) is 13.1 Å². The first-order valence-corrected chi connectivity index (χ1v) is 9.49. The van der Waals surface area contributed by atoms with Crippen molar-refractivity contribution in [3.05, 3.63) is 57.5 Å². The first kappa shape index (κ1) is 18.4. The molecule has 0 radical (unpaired) electrons. The van der Waals surface area contributed by atoms with Crippen LogP contribution in [0.1, 0.15) is 12.5 Å². The average Bonchev–Trinajstić information content (AvgIpc) is 2.97. The van der Waals surface area contributed by atoms with Crippen molar-refractivity contribution in [2.45, 2.75) is 26.6 Å². The van der Waals surface area contributed by atoms with Crippen molar-refractivity contribution in [3.63, 3.8) is 0 Å². The maximum Gasteiger partial charge on any atom is 0.329 e. The predicted molar refractivity (Wildman–Crippen MR) is 106 cm³/mol. The third-order valence-corrected chi connectivity index (χ3v) is 4.97. The Bertz CT molecular complexity index is 1100. The fraction of sp³-hybridized carbons (Fsp3) is 0.300. The van der Waals surface area contributed by atoms with Crippen molar-refractivity contribution in [1.29, 1.82) is 0 Å². The van der Waals surface area contributed by atoms with Gasteiger partial charge in [-0.2, -0.15) is 0 Å². The molecule has 1 aromatic heterocycles. The van der Waals surface area contributed by atoms with Gasteiger partial charge in [-0.1, -0.05) is 23.7 Å². The number of ether oxygens (including phenoxy) is 2. The quantitative estimate of drug-likeness (QED) is 0.713. The first-order valence-electron chi connectivity index (χ1n) is 9.11. The Labute approximate surface area is 166 Å². The number of imidazole rings is 1. The number of hydrogen-bond donors (Lipinski definition) is 1. The number of amides is 1. The number of benzene rings is 2. The molecule has 0 unspecified atom stereocenters. The van der Waals surface area contributed by atoms with Crippen LogP contribution in [0, 0.1) is 0 Å². The minimum Gasteiger partial charge on any atom is -0.486 e. The van der Waals surface area contributed by atoms with E-state index >= 15 is 0 Å². The molecule has 4 rings (SSSR count). The topological polar surface area (TPSA) is 74.5 Å². The lowest BCUT2D eigenvalue weighted by molar-refractivity contribution is -0.121. The Morgan fingerprint density at radius 2 is 1.86 bits per heavy atom. The second kappa shape index (κ2) is 7.59. The molecule has 1 amide bonds. The third-order valence-electron chi connectivity index (χ3n) is 4.69. The van der Waals surface area contributed by atoms with Crippen LogP contribution in [0.3, 0.4) is 0 Å². The molecule has 1 aliphatic rings. The number of aryl methyl sites for hydroxylation is 1. The average molecular weight is 402 g/mol. The van der Waals surface area contributed by atoms with Gasteiger partial charge in [0.05, 0.1) is 16.1 Å². The number of carbonyl (C=O) groups excluding carboxylic acids is 1. The zero-order chi connectivity index (χ0) is 19.7. The van der Waals surface area contributed by atoms with E-state index in [0.29, 0.717) is 36.3 Å². The second-order valence-electron chi connectivity index (χ2n) is 6.48. The maximum absolute atomic E-state index is 12.6. The highest BCUT2D eigenvalue weighted by molar-refractivity contribution is 6.32. The lowest BCUT2D eigenvalue weighted by Gasteiger charge is -2.20. The summed E-state index contributed by atoms with van der Waals surface area (Å²) in [5.74, 6) is 0.847. The molecule has 7 nitrogen and oxygen atoms in total. The van der Waals surface area contributed by atoms with Gasteiger partial charge in [0.25, 0.3) is 0 Å².